The first-order valence-electron chi connectivity index (χ1n) is 8.81. The molecular weight excluding hydrogens is 344 g/mol. The van der Waals surface area contributed by atoms with Gasteiger partial charge >= 0.3 is 6.03 Å². The van der Waals surface area contributed by atoms with E-state index in [9.17, 15) is 4.79 Å². The summed E-state index contributed by atoms with van der Waals surface area (Å²) in [6.45, 7) is 2.55. The van der Waals surface area contributed by atoms with E-state index in [-0.39, 0.29) is 6.03 Å². The number of carbonyl (C=O) groups is 1. The molecule has 0 aliphatic carbocycles. The molecule has 2 aromatic heterocycles. The van der Waals surface area contributed by atoms with E-state index < -0.39 is 0 Å². The summed E-state index contributed by atoms with van der Waals surface area (Å²) in [6, 6.07) is 11.6. The third kappa shape index (κ3) is 4.20. The SMILES string of the molecule is O=C(Nc1n[nH]c(Cc2ccccc2)n1)N1CCN(c2ncccn2)CC1. The molecule has 2 N–H and O–H groups in total. The molecule has 1 fully saturated rings. The van der Waals surface area contributed by atoms with Crippen LogP contribution < -0.4 is 10.2 Å². The molecule has 138 valence electrons. The van der Waals surface area contributed by atoms with Crippen molar-refractivity contribution in [1.82, 2.24) is 30.0 Å². The molecular formula is C18H20N8O. The lowest BCUT2D eigenvalue weighted by molar-refractivity contribution is 0.207. The smallest absolute Gasteiger partial charge is 0.324 e. The van der Waals surface area contributed by atoms with Crippen LogP contribution in [-0.4, -0.2) is 62.3 Å². The minimum absolute atomic E-state index is 0.200. The number of urea groups is 1. The number of rotatable bonds is 4. The van der Waals surface area contributed by atoms with Crippen LogP contribution in [0.25, 0.3) is 0 Å². The first-order chi connectivity index (χ1) is 13.3. The van der Waals surface area contributed by atoms with Gasteiger partial charge in [-0.05, 0) is 11.6 Å². The maximum Gasteiger partial charge on any atom is 0.324 e. The Morgan fingerprint density at radius 3 is 2.52 bits per heavy atom. The summed E-state index contributed by atoms with van der Waals surface area (Å²) in [6.07, 6.45) is 4.08. The lowest BCUT2D eigenvalue weighted by Gasteiger charge is -2.34. The standard InChI is InChI=1S/C18H20N8O/c27-18(26-11-9-25(10-12-26)17-19-7-4-8-20-17)22-16-21-15(23-24-16)13-14-5-2-1-3-6-14/h1-8H,9-13H2,(H2,21,22,23,24,27). The summed E-state index contributed by atoms with van der Waals surface area (Å²) in [5.74, 6) is 1.69. The number of benzene rings is 1. The first kappa shape index (κ1) is 17.0. The summed E-state index contributed by atoms with van der Waals surface area (Å²) >= 11 is 0. The van der Waals surface area contributed by atoms with Crippen LogP contribution in [0.4, 0.5) is 16.7 Å². The molecule has 2 amide bonds. The van der Waals surface area contributed by atoms with Gasteiger partial charge in [0, 0.05) is 45.0 Å². The van der Waals surface area contributed by atoms with Gasteiger partial charge < -0.3 is 9.80 Å². The number of carbonyl (C=O) groups excluding carboxylic acids is 1. The predicted octanol–water partition coefficient (Wildman–Crippen LogP) is 1.54. The maximum atomic E-state index is 12.4. The summed E-state index contributed by atoms with van der Waals surface area (Å²) in [5.41, 5.74) is 1.13. The molecule has 0 bridgehead atoms. The molecule has 1 saturated heterocycles. The summed E-state index contributed by atoms with van der Waals surface area (Å²) < 4.78 is 0. The average Bonchev–Trinajstić information content (AvgIpc) is 3.16. The highest BCUT2D eigenvalue weighted by atomic mass is 16.2. The van der Waals surface area contributed by atoms with Crippen LogP contribution in [0.3, 0.4) is 0 Å². The number of anilines is 2. The van der Waals surface area contributed by atoms with Gasteiger partial charge in [0.2, 0.25) is 11.9 Å². The monoisotopic (exact) mass is 364 g/mol. The van der Waals surface area contributed by atoms with Gasteiger partial charge in [-0.2, -0.15) is 4.98 Å². The van der Waals surface area contributed by atoms with Crippen LogP contribution in [0.2, 0.25) is 0 Å². The van der Waals surface area contributed by atoms with Crippen molar-refractivity contribution in [3.63, 3.8) is 0 Å². The fourth-order valence-corrected chi connectivity index (χ4v) is 2.96. The van der Waals surface area contributed by atoms with Gasteiger partial charge in [0.05, 0.1) is 0 Å². The van der Waals surface area contributed by atoms with Crippen LogP contribution in [0.5, 0.6) is 0 Å². The molecule has 1 aliphatic heterocycles. The van der Waals surface area contributed by atoms with Crippen LogP contribution in [-0.2, 0) is 6.42 Å². The molecule has 27 heavy (non-hydrogen) atoms. The normalized spacial score (nSPS) is 14.2. The second kappa shape index (κ2) is 7.81. The fraction of sp³-hybridized carbons (Fsp3) is 0.278. The number of hydrogen-bond donors (Lipinski definition) is 2. The van der Waals surface area contributed by atoms with E-state index in [0.717, 1.165) is 5.56 Å². The van der Waals surface area contributed by atoms with E-state index in [1.165, 1.54) is 0 Å². The molecule has 0 radical (unpaired) electrons. The highest BCUT2D eigenvalue weighted by Gasteiger charge is 2.23. The molecule has 1 aromatic carbocycles. The van der Waals surface area contributed by atoms with Crippen LogP contribution in [0, 0.1) is 0 Å². The lowest BCUT2D eigenvalue weighted by Crippen LogP contribution is -2.50. The molecule has 1 aliphatic rings. The highest BCUT2D eigenvalue weighted by molar-refractivity contribution is 5.87. The minimum atomic E-state index is -0.200. The molecule has 3 aromatic rings. The number of nitrogens with zero attached hydrogens (tertiary/aromatic N) is 6. The molecule has 9 heteroatoms. The van der Waals surface area contributed by atoms with E-state index in [1.807, 2.05) is 30.3 Å². The zero-order chi connectivity index (χ0) is 18.5. The molecule has 0 saturated carbocycles. The average molecular weight is 364 g/mol. The second-order valence-corrected chi connectivity index (χ2v) is 6.22. The van der Waals surface area contributed by atoms with Crippen molar-refractivity contribution in [2.24, 2.45) is 0 Å². The Hall–Kier alpha value is -3.49. The summed E-state index contributed by atoms with van der Waals surface area (Å²) in [7, 11) is 0. The molecule has 0 spiro atoms. The number of aromatic amines is 1. The second-order valence-electron chi connectivity index (χ2n) is 6.22. The van der Waals surface area contributed by atoms with Crippen molar-refractivity contribution < 1.29 is 4.79 Å². The third-order valence-corrected chi connectivity index (χ3v) is 4.37. The van der Waals surface area contributed by atoms with Crippen molar-refractivity contribution in [1.29, 1.82) is 0 Å². The van der Waals surface area contributed by atoms with Crippen LogP contribution in [0.1, 0.15) is 11.4 Å². The highest BCUT2D eigenvalue weighted by Crippen LogP contribution is 2.11. The van der Waals surface area contributed by atoms with E-state index in [0.29, 0.717) is 50.3 Å². The van der Waals surface area contributed by atoms with E-state index in [2.05, 4.69) is 35.4 Å². The lowest BCUT2D eigenvalue weighted by atomic mass is 10.1. The minimum Gasteiger partial charge on any atom is -0.337 e. The Kier molecular flexibility index (Phi) is 4.91. The molecule has 4 rings (SSSR count). The number of hydrogen-bond acceptors (Lipinski definition) is 6. The van der Waals surface area contributed by atoms with E-state index >= 15 is 0 Å². The largest absolute Gasteiger partial charge is 0.337 e. The molecule has 0 unspecified atom stereocenters. The Morgan fingerprint density at radius 2 is 1.78 bits per heavy atom. The predicted molar refractivity (Wildman–Crippen MR) is 100 cm³/mol. The fourth-order valence-electron chi connectivity index (χ4n) is 2.96. The van der Waals surface area contributed by atoms with E-state index in [4.69, 9.17) is 0 Å². The van der Waals surface area contributed by atoms with Gasteiger partial charge in [-0.3, -0.25) is 10.4 Å². The van der Waals surface area contributed by atoms with Gasteiger partial charge in [0.25, 0.3) is 0 Å². The zero-order valence-corrected chi connectivity index (χ0v) is 14.7. The third-order valence-electron chi connectivity index (χ3n) is 4.37. The topological polar surface area (TPSA) is 103 Å². The van der Waals surface area contributed by atoms with Crippen molar-refractivity contribution in [2.75, 3.05) is 36.4 Å². The summed E-state index contributed by atoms with van der Waals surface area (Å²) in [4.78, 5) is 29.1. The first-order valence-corrected chi connectivity index (χ1v) is 8.81. The number of piperazine rings is 1. The number of amides is 2. The van der Waals surface area contributed by atoms with Gasteiger partial charge in [-0.25, -0.2) is 14.8 Å². The van der Waals surface area contributed by atoms with Gasteiger partial charge in [0.1, 0.15) is 5.82 Å². The van der Waals surface area contributed by atoms with Gasteiger partial charge in [-0.1, -0.05) is 30.3 Å². The van der Waals surface area contributed by atoms with Crippen LogP contribution >= 0.6 is 0 Å². The van der Waals surface area contributed by atoms with Gasteiger partial charge in [0.15, 0.2) is 0 Å². The zero-order valence-electron chi connectivity index (χ0n) is 14.7. The van der Waals surface area contributed by atoms with Crippen molar-refractivity contribution in [2.45, 2.75) is 6.42 Å². The number of H-pyrrole nitrogens is 1. The maximum absolute atomic E-state index is 12.4. The molecule has 9 nitrogen and oxygen atoms in total. The molecule has 0 atom stereocenters. The Bertz CT molecular complexity index is 875. The van der Waals surface area contributed by atoms with Gasteiger partial charge in [-0.15, -0.1) is 5.10 Å². The Morgan fingerprint density at radius 1 is 1.04 bits per heavy atom. The van der Waals surface area contributed by atoms with Crippen molar-refractivity contribution in [3.8, 4) is 0 Å². The molecule has 3 heterocycles. The Labute approximate surface area is 156 Å². The van der Waals surface area contributed by atoms with Crippen molar-refractivity contribution in [3.05, 3.63) is 60.2 Å². The van der Waals surface area contributed by atoms with Crippen LogP contribution in [0.15, 0.2) is 48.8 Å². The quantitative estimate of drug-likeness (QED) is 0.728. The Balaban J connectivity index is 1.30. The van der Waals surface area contributed by atoms with Crippen molar-refractivity contribution >= 4 is 17.9 Å². The number of nitrogens with one attached hydrogen (secondary N) is 2. The number of aromatic nitrogens is 5. The van der Waals surface area contributed by atoms with E-state index in [1.54, 1.807) is 23.4 Å². The summed E-state index contributed by atoms with van der Waals surface area (Å²) in [5, 5.41) is 9.71.